The molecule has 1 amide bonds. The number of aliphatic carboxylic acids is 1. The van der Waals surface area contributed by atoms with E-state index in [9.17, 15) is 19.7 Å². The van der Waals surface area contributed by atoms with Crippen LogP contribution in [0.1, 0.15) is 25.7 Å². The van der Waals surface area contributed by atoms with Crippen molar-refractivity contribution >= 4 is 23.3 Å². The van der Waals surface area contributed by atoms with Crippen LogP contribution in [-0.2, 0) is 9.59 Å². The zero-order chi connectivity index (χ0) is 16.2. The lowest BCUT2D eigenvalue weighted by Crippen LogP contribution is -2.43. The van der Waals surface area contributed by atoms with E-state index in [1.807, 2.05) is 0 Å². The lowest BCUT2D eigenvalue weighted by atomic mass is 10.2. The Morgan fingerprint density at radius 2 is 1.91 bits per heavy atom. The third-order valence-electron chi connectivity index (χ3n) is 3.53. The summed E-state index contributed by atoms with van der Waals surface area (Å²) >= 11 is 0. The molecule has 1 saturated carbocycles. The van der Waals surface area contributed by atoms with Crippen LogP contribution in [-0.4, -0.2) is 34.0 Å². The fraction of sp³-hybridized carbons (Fsp3) is 0.429. The number of nitrogens with zero attached hydrogens (tertiary/aromatic N) is 1. The van der Waals surface area contributed by atoms with Crippen molar-refractivity contribution in [2.24, 2.45) is 0 Å². The summed E-state index contributed by atoms with van der Waals surface area (Å²) in [6.07, 6.45) is 1.73. The summed E-state index contributed by atoms with van der Waals surface area (Å²) < 4.78 is 0. The topological polar surface area (TPSA) is 122 Å². The Morgan fingerprint density at radius 1 is 1.27 bits per heavy atom. The third kappa shape index (κ3) is 3.94. The first-order chi connectivity index (χ1) is 10.4. The van der Waals surface area contributed by atoms with Crippen LogP contribution in [0, 0.1) is 10.1 Å². The smallest absolute Gasteiger partial charge is 0.329 e. The molecule has 0 saturated heterocycles. The number of anilines is 1. The summed E-state index contributed by atoms with van der Waals surface area (Å²) in [5.41, 5.74) is -0.286. The van der Waals surface area contributed by atoms with Gasteiger partial charge in [-0.15, -0.1) is 0 Å². The van der Waals surface area contributed by atoms with Gasteiger partial charge in [0.15, 0.2) is 0 Å². The molecule has 1 aliphatic rings. The molecule has 0 aliphatic heterocycles. The molecule has 1 aromatic carbocycles. The van der Waals surface area contributed by atoms with Crippen LogP contribution in [0.3, 0.4) is 0 Å². The van der Waals surface area contributed by atoms with Crippen LogP contribution in [0.15, 0.2) is 24.3 Å². The minimum absolute atomic E-state index is 0.0216. The quantitative estimate of drug-likeness (QED) is 0.380. The van der Waals surface area contributed by atoms with Gasteiger partial charge in [0.25, 0.3) is 5.69 Å². The number of nitrogens with one attached hydrogen (secondary N) is 2. The molecular formula is C14H17N3O5. The highest BCUT2D eigenvalue weighted by molar-refractivity contribution is 5.89. The van der Waals surface area contributed by atoms with Gasteiger partial charge in [0.2, 0.25) is 5.91 Å². The number of carbonyl (C=O) groups excluding carboxylic acids is 1. The number of non-ortho nitro benzene ring substituents is 1. The molecule has 22 heavy (non-hydrogen) atoms. The summed E-state index contributed by atoms with van der Waals surface area (Å²) in [5.74, 6) is -1.25. The fourth-order valence-electron chi connectivity index (χ4n) is 2.03. The average Bonchev–Trinajstić information content (AvgIpc) is 3.25. The number of benzene rings is 1. The molecule has 0 atom stereocenters. The van der Waals surface area contributed by atoms with Gasteiger partial charge in [-0.1, -0.05) is 0 Å². The Labute approximate surface area is 126 Å². The normalized spacial score (nSPS) is 14.9. The summed E-state index contributed by atoms with van der Waals surface area (Å²) in [6.45, 7) is 0.519. The first kappa shape index (κ1) is 15.7. The molecule has 0 aromatic heterocycles. The van der Waals surface area contributed by atoms with Crippen LogP contribution in [0.25, 0.3) is 0 Å². The number of carboxylic acid groups (broad SMARTS) is 1. The van der Waals surface area contributed by atoms with Gasteiger partial charge in [0.1, 0.15) is 5.54 Å². The molecule has 3 N–H and O–H groups in total. The van der Waals surface area contributed by atoms with Gasteiger partial charge < -0.3 is 15.7 Å². The van der Waals surface area contributed by atoms with E-state index in [2.05, 4.69) is 10.6 Å². The van der Waals surface area contributed by atoms with Crippen molar-refractivity contribution in [3.63, 3.8) is 0 Å². The number of nitro groups is 1. The number of carbonyl (C=O) groups is 2. The zero-order valence-corrected chi connectivity index (χ0v) is 11.9. The van der Waals surface area contributed by atoms with Crippen molar-refractivity contribution in [2.75, 3.05) is 11.9 Å². The standard InChI is InChI=1S/C14H17N3O5/c18-12(16-14(7-8-14)13(19)20)2-1-9-15-10-3-5-11(6-4-10)17(21)22/h3-6,15H,1-2,7-9H2,(H,16,18)(H,19,20). The Hall–Kier alpha value is -2.64. The number of rotatable bonds is 8. The first-order valence-electron chi connectivity index (χ1n) is 6.96. The lowest BCUT2D eigenvalue weighted by Gasteiger charge is -2.12. The molecular weight excluding hydrogens is 290 g/mol. The molecule has 1 aromatic rings. The van der Waals surface area contributed by atoms with Crippen molar-refractivity contribution in [1.82, 2.24) is 5.32 Å². The van der Waals surface area contributed by atoms with E-state index < -0.39 is 16.4 Å². The van der Waals surface area contributed by atoms with Crippen molar-refractivity contribution in [3.05, 3.63) is 34.4 Å². The monoisotopic (exact) mass is 307 g/mol. The van der Waals surface area contributed by atoms with Gasteiger partial charge in [-0.05, 0) is 31.4 Å². The molecule has 1 aliphatic carbocycles. The zero-order valence-electron chi connectivity index (χ0n) is 11.9. The fourth-order valence-corrected chi connectivity index (χ4v) is 2.03. The number of carboxylic acids is 1. The van der Waals surface area contributed by atoms with E-state index in [1.165, 1.54) is 12.1 Å². The first-order valence-corrected chi connectivity index (χ1v) is 6.96. The third-order valence-corrected chi connectivity index (χ3v) is 3.53. The molecule has 8 nitrogen and oxygen atoms in total. The van der Waals surface area contributed by atoms with Crippen molar-refractivity contribution in [3.8, 4) is 0 Å². The van der Waals surface area contributed by atoms with Crippen LogP contribution in [0.4, 0.5) is 11.4 Å². The summed E-state index contributed by atoms with van der Waals surface area (Å²) in [7, 11) is 0. The minimum atomic E-state index is -1.04. The molecule has 118 valence electrons. The molecule has 0 radical (unpaired) electrons. The lowest BCUT2D eigenvalue weighted by molar-refractivity contribution is -0.384. The van der Waals surface area contributed by atoms with Crippen LogP contribution >= 0.6 is 0 Å². The SMILES string of the molecule is O=C(CCCNc1ccc([N+](=O)[O-])cc1)NC1(C(=O)O)CC1. The Morgan fingerprint density at radius 3 is 2.41 bits per heavy atom. The van der Waals surface area contributed by atoms with Gasteiger partial charge in [-0.3, -0.25) is 14.9 Å². The second kappa shape index (κ2) is 6.42. The van der Waals surface area contributed by atoms with Gasteiger partial charge in [-0.25, -0.2) is 4.79 Å². The van der Waals surface area contributed by atoms with Crippen LogP contribution in [0.2, 0.25) is 0 Å². The van der Waals surface area contributed by atoms with E-state index >= 15 is 0 Å². The highest BCUT2D eigenvalue weighted by atomic mass is 16.6. The maximum Gasteiger partial charge on any atom is 0.329 e. The largest absolute Gasteiger partial charge is 0.480 e. The predicted molar refractivity (Wildman–Crippen MR) is 78.6 cm³/mol. The molecule has 0 bridgehead atoms. The predicted octanol–water partition coefficient (Wildman–Crippen LogP) is 1.52. The maximum absolute atomic E-state index is 11.7. The summed E-state index contributed by atoms with van der Waals surface area (Å²) in [5, 5.41) is 25.1. The highest BCUT2D eigenvalue weighted by Gasteiger charge is 2.51. The van der Waals surface area contributed by atoms with E-state index in [0.717, 1.165) is 5.69 Å². The molecule has 0 unspecified atom stereocenters. The molecule has 0 heterocycles. The maximum atomic E-state index is 11.7. The average molecular weight is 307 g/mol. The van der Waals surface area contributed by atoms with E-state index in [4.69, 9.17) is 5.11 Å². The number of hydrogen-bond acceptors (Lipinski definition) is 5. The molecule has 8 heteroatoms. The van der Waals surface area contributed by atoms with Crippen LogP contribution in [0.5, 0.6) is 0 Å². The van der Waals surface area contributed by atoms with Crippen molar-refractivity contribution in [1.29, 1.82) is 0 Å². The Bertz CT molecular complexity index is 581. The molecule has 0 spiro atoms. The highest BCUT2D eigenvalue weighted by Crippen LogP contribution is 2.35. The summed E-state index contributed by atoms with van der Waals surface area (Å²) in [4.78, 5) is 32.6. The van der Waals surface area contributed by atoms with E-state index in [1.54, 1.807) is 12.1 Å². The second-order valence-corrected chi connectivity index (χ2v) is 5.27. The van der Waals surface area contributed by atoms with Crippen LogP contribution < -0.4 is 10.6 Å². The van der Waals surface area contributed by atoms with Gasteiger partial charge in [-0.2, -0.15) is 0 Å². The second-order valence-electron chi connectivity index (χ2n) is 5.27. The van der Waals surface area contributed by atoms with E-state index in [0.29, 0.717) is 25.8 Å². The number of hydrogen-bond donors (Lipinski definition) is 3. The van der Waals surface area contributed by atoms with Gasteiger partial charge >= 0.3 is 5.97 Å². The van der Waals surface area contributed by atoms with Crippen molar-refractivity contribution < 1.29 is 19.6 Å². The minimum Gasteiger partial charge on any atom is -0.480 e. The Kier molecular flexibility index (Phi) is 4.59. The van der Waals surface area contributed by atoms with Gasteiger partial charge in [0, 0.05) is 30.8 Å². The Balaban J connectivity index is 1.67. The molecule has 2 rings (SSSR count). The number of nitro benzene ring substituents is 1. The summed E-state index contributed by atoms with van der Waals surface area (Å²) in [6, 6.07) is 6.00. The van der Waals surface area contributed by atoms with Gasteiger partial charge in [0.05, 0.1) is 4.92 Å². The van der Waals surface area contributed by atoms with Crippen molar-refractivity contribution in [2.45, 2.75) is 31.2 Å². The molecule has 1 fully saturated rings. The van der Waals surface area contributed by atoms with E-state index in [-0.39, 0.29) is 18.0 Å². The number of amides is 1.